The monoisotopic (exact) mass is 226 g/mol. The fourth-order valence-electron chi connectivity index (χ4n) is 2.44. The van der Waals surface area contributed by atoms with Gasteiger partial charge in [-0.2, -0.15) is 0 Å². The van der Waals surface area contributed by atoms with E-state index in [1.54, 1.807) is 18.2 Å². The number of carbonyl (C=O) groups excluding carboxylic acids is 2. The molecule has 0 unspecified atom stereocenters. The molecule has 3 heteroatoms. The maximum absolute atomic E-state index is 11.9. The van der Waals surface area contributed by atoms with E-state index in [1.165, 1.54) is 12.2 Å². The average Bonchev–Trinajstić information content (AvgIpc) is 2.32. The second-order valence-corrected chi connectivity index (χ2v) is 4.26. The van der Waals surface area contributed by atoms with Crippen LogP contribution in [0.25, 0.3) is 5.57 Å². The number of aromatic hydroxyl groups is 1. The maximum atomic E-state index is 11.9. The minimum Gasteiger partial charge on any atom is -0.508 e. The van der Waals surface area contributed by atoms with Gasteiger partial charge in [-0.05, 0) is 48.3 Å². The summed E-state index contributed by atoms with van der Waals surface area (Å²) in [6.45, 7) is 0. The van der Waals surface area contributed by atoms with E-state index in [0.717, 1.165) is 11.1 Å². The molecule has 1 N–H and O–H groups in total. The molecule has 2 aliphatic rings. The van der Waals surface area contributed by atoms with E-state index in [4.69, 9.17) is 0 Å². The summed E-state index contributed by atoms with van der Waals surface area (Å²) in [5, 5.41) is 9.42. The normalized spacial score (nSPS) is 18.1. The Balaban J connectivity index is 2.24. The average molecular weight is 226 g/mol. The van der Waals surface area contributed by atoms with Crippen molar-refractivity contribution in [3.8, 4) is 5.75 Å². The van der Waals surface area contributed by atoms with Gasteiger partial charge in [-0.1, -0.05) is 6.07 Å². The largest absolute Gasteiger partial charge is 0.508 e. The van der Waals surface area contributed by atoms with Gasteiger partial charge in [0, 0.05) is 11.1 Å². The van der Waals surface area contributed by atoms with Gasteiger partial charge in [-0.15, -0.1) is 0 Å². The zero-order chi connectivity index (χ0) is 12.0. The van der Waals surface area contributed by atoms with Crippen molar-refractivity contribution in [2.75, 3.05) is 0 Å². The Hall–Kier alpha value is -2.16. The van der Waals surface area contributed by atoms with Crippen LogP contribution in [0, 0.1) is 0 Å². The Morgan fingerprint density at radius 1 is 1.00 bits per heavy atom. The third-order valence-electron chi connectivity index (χ3n) is 3.23. The van der Waals surface area contributed by atoms with E-state index >= 15 is 0 Å². The van der Waals surface area contributed by atoms with Gasteiger partial charge in [0.15, 0.2) is 11.6 Å². The number of hydrogen-bond donors (Lipinski definition) is 1. The minimum absolute atomic E-state index is 0.0710. The van der Waals surface area contributed by atoms with E-state index in [9.17, 15) is 14.7 Å². The Labute approximate surface area is 98.1 Å². The van der Waals surface area contributed by atoms with Crippen molar-refractivity contribution in [2.45, 2.75) is 12.8 Å². The maximum Gasteiger partial charge on any atom is 0.187 e. The first-order valence-electron chi connectivity index (χ1n) is 5.49. The van der Waals surface area contributed by atoms with Crippen LogP contribution in [-0.4, -0.2) is 16.7 Å². The van der Waals surface area contributed by atoms with Gasteiger partial charge >= 0.3 is 0 Å². The number of hydrogen-bond acceptors (Lipinski definition) is 3. The highest BCUT2D eigenvalue weighted by molar-refractivity contribution is 6.36. The molecule has 0 spiro atoms. The zero-order valence-electron chi connectivity index (χ0n) is 9.06. The molecule has 0 fully saturated rings. The lowest BCUT2D eigenvalue weighted by Crippen LogP contribution is -2.18. The van der Waals surface area contributed by atoms with Crippen LogP contribution in [-0.2, 0) is 16.0 Å². The molecule has 0 atom stereocenters. The fraction of sp³-hybridized carbons (Fsp3) is 0.143. The molecule has 0 saturated carbocycles. The number of phenolic OH excluding ortho intramolecular Hbond substituents is 1. The SMILES string of the molecule is O=C1C=CC(=O)C2=C1CCc1cc(O)ccc12. The lowest BCUT2D eigenvalue weighted by molar-refractivity contribution is -0.114. The number of fused-ring (bicyclic) bond motifs is 2. The molecule has 0 radical (unpaired) electrons. The summed E-state index contributed by atoms with van der Waals surface area (Å²) in [5.74, 6) is 0.00231. The van der Waals surface area contributed by atoms with Crippen molar-refractivity contribution in [2.24, 2.45) is 0 Å². The molecule has 2 aliphatic carbocycles. The van der Waals surface area contributed by atoms with E-state index in [-0.39, 0.29) is 17.3 Å². The molecule has 0 bridgehead atoms. The quantitative estimate of drug-likeness (QED) is 0.686. The molecule has 0 amide bonds. The molecule has 0 aliphatic heterocycles. The molecule has 84 valence electrons. The summed E-state index contributed by atoms with van der Waals surface area (Å²) in [7, 11) is 0. The molecular formula is C14H10O3. The summed E-state index contributed by atoms with van der Waals surface area (Å²) < 4.78 is 0. The summed E-state index contributed by atoms with van der Waals surface area (Å²) in [4.78, 5) is 23.6. The lowest BCUT2D eigenvalue weighted by Gasteiger charge is -2.22. The highest BCUT2D eigenvalue weighted by Gasteiger charge is 2.28. The van der Waals surface area contributed by atoms with E-state index in [1.807, 2.05) is 0 Å². The van der Waals surface area contributed by atoms with Crippen molar-refractivity contribution >= 4 is 17.1 Å². The Morgan fingerprint density at radius 3 is 2.59 bits per heavy atom. The number of carbonyl (C=O) groups is 2. The molecule has 0 saturated heterocycles. The molecule has 1 aromatic carbocycles. The number of benzene rings is 1. The van der Waals surface area contributed by atoms with E-state index in [2.05, 4.69) is 0 Å². The number of phenols is 1. The number of ketones is 2. The third kappa shape index (κ3) is 1.43. The van der Waals surface area contributed by atoms with Crippen molar-refractivity contribution in [1.82, 2.24) is 0 Å². The Kier molecular flexibility index (Phi) is 2.01. The second-order valence-electron chi connectivity index (χ2n) is 4.26. The highest BCUT2D eigenvalue weighted by Crippen LogP contribution is 2.36. The molecular weight excluding hydrogens is 216 g/mol. The van der Waals surface area contributed by atoms with Crippen LogP contribution >= 0.6 is 0 Å². The summed E-state index contributed by atoms with van der Waals surface area (Å²) in [5.41, 5.74) is 2.83. The summed E-state index contributed by atoms with van der Waals surface area (Å²) in [6, 6.07) is 4.92. The topological polar surface area (TPSA) is 54.4 Å². The van der Waals surface area contributed by atoms with Gasteiger partial charge in [0.25, 0.3) is 0 Å². The van der Waals surface area contributed by atoms with Gasteiger partial charge in [-0.3, -0.25) is 9.59 Å². The van der Waals surface area contributed by atoms with Gasteiger partial charge in [0.05, 0.1) is 0 Å². The van der Waals surface area contributed by atoms with Crippen LogP contribution in [0.2, 0.25) is 0 Å². The van der Waals surface area contributed by atoms with Crippen molar-refractivity contribution in [3.63, 3.8) is 0 Å². The number of aryl methyl sites for hydroxylation is 1. The van der Waals surface area contributed by atoms with Crippen LogP contribution in [0.4, 0.5) is 0 Å². The molecule has 0 heterocycles. The number of allylic oxidation sites excluding steroid dienone is 4. The van der Waals surface area contributed by atoms with E-state index in [0.29, 0.717) is 24.0 Å². The molecule has 3 rings (SSSR count). The van der Waals surface area contributed by atoms with Crippen LogP contribution in [0.1, 0.15) is 17.5 Å². The molecule has 0 aromatic heterocycles. The van der Waals surface area contributed by atoms with Crippen LogP contribution in [0.3, 0.4) is 0 Å². The molecule has 3 nitrogen and oxygen atoms in total. The highest BCUT2D eigenvalue weighted by atomic mass is 16.3. The first-order valence-corrected chi connectivity index (χ1v) is 5.49. The smallest absolute Gasteiger partial charge is 0.187 e. The van der Waals surface area contributed by atoms with E-state index < -0.39 is 0 Å². The third-order valence-corrected chi connectivity index (χ3v) is 3.23. The Morgan fingerprint density at radius 2 is 1.76 bits per heavy atom. The molecule has 17 heavy (non-hydrogen) atoms. The summed E-state index contributed by atoms with van der Waals surface area (Å²) in [6.07, 6.45) is 3.92. The lowest BCUT2D eigenvalue weighted by atomic mass is 9.79. The Bertz CT molecular complexity index is 606. The van der Waals surface area contributed by atoms with Gasteiger partial charge in [0.2, 0.25) is 0 Å². The van der Waals surface area contributed by atoms with Gasteiger partial charge < -0.3 is 5.11 Å². The van der Waals surface area contributed by atoms with Crippen LogP contribution in [0.5, 0.6) is 5.75 Å². The summed E-state index contributed by atoms with van der Waals surface area (Å²) >= 11 is 0. The number of rotatable bonds is 0. The van der Waals surface area contributed by atoms with Gasteiger partial charge in [0.1, 0.15) is 5.75 Å². The first-order chi connectivity index (χ1) is 8.16. The zero-order valence-corrected chi connectivity index (χ0v) is 9.06. The predicted octanol–water partition coefficient (Wildman–Crippen LogP) is 1.80. The van der Waals surface area contributed by atoms with Crippen LogP contribution < -0.4 is 0 Å². The first kappa shape index (κ1) is 10.0. The molecule has 1 aromatic rings. The second kappa shape index (κ2) is 3.42. The van der Waals surface area contributed by atoms with Gasteiger partial charge in [-0.25, -0.2) is 0 Å². The fourth-order valence-corrected chi connectivity index (χ4v) is 2.44. The standard InChI is InChI=1S/C14H10O3/c15-9-2-4-10-8(7-9)1-3-11-12(16)5-6-13(17)14(10)11/h2,4-7,15H,1,3H2. The predicted molar refractivity (Wildman–Crippen MR) is 62.5 cm³/mol. The van der Waals surface area contributed by atoms with Crippen molar-refractivity contribution in [3.05, 3.63) is 47.1 Å². The van der Waals surface area contributed by atoms with Crippen LogP contribution in [0.15, 0.2) is 35.9 Å². The van der Waals surface area contributed by atoms with Crippen molar-refractivity contribution < 1.29 is 14.7 Å². The van der Waals surface area contributed by atoms with Crippen molar-refractivity contribution in [1.29, 1.82) is 0 Å². The minimum atomic E-state index is -0.119.